The zero-order valence-electron chi connectivity index (χ0n) is 10.0. The molecular weight excluding hydrogens is 216 g/mol. The van der Waals surface area contributed by atoms with Crippen molar-refractivity contribution in [3.63, 3.8) is 0 Å². The van der Waals surface area contributed by atoms with Crippen LogP contribution in [0.5, 0.6) is 0 Å². The van der Waals surface area contributed by atoms with Crippen molar-refractivity contribution in [2.24, 2.45) is 0 Å². The molecule has 1 aliphatic heterocycles. The van der Waals surface area contributed by atoms with Crippen LogP contribution in [0.25, 0.3) is 0 Å². The number of hydrogen-bond acceptors (Lipinski definition) is 4. The lowest BCUT2D eigenvalue weighted by Gasteiger charge is -2.31. The van der Waals surface area contributed by atoms with Gasteiger partial charge in [0, 0.05) is 44.3 Å². The van der Waals surface area contributed by atoms with E-state index in [1.165, 1.54) is 0 Å². The molecule has 2 heterocycles. The molecule has 1 saturated heterocycles. The van der Waals surface area contributed by atoms with Crippen molar-refractivity contribution in [3.05, 3.63) is 24.5 Å². The Balaban J connectivity index is 1.90. The largest absolute Gasteiger partial charge is 0.325 e. The molecule has 1 amide bonds. The van der Waals surface area contributed by atoms with Crippen molar-refractivity contribution in [3.8, 4) is 0 Å². The van der Waals surface area contributed by atoms with Crippen LogP contribution in [-0.4, -0.2) is 48.0 Å². The predicted octanol–water partition coefficient (Wildman–Crippen LogP) is 0.314. The molecule has 5 heteroatoms. The maximum Gasteiger partial charge on any atom is 0.241 e. The molecule has 17 heavy (non-hydrogen) atoms. The smallest absolute Gasteiger partial charge is 0.241 e. The Hall–Kier alpha value is -1.46. The first-order chi connectivity index (χ1) is 8.27. The van der Waals surface area contributed by atoms with Gasteiger partial charge in [0.05, 0.1) is 6.04 Å². The summed E-state index contributed by atoms with van der Waals surface area (Å²) in [5, 5.41) is 6.17. The summed E-state index contributed by atoms with van der Waals surface area (Å²) in [5.74, 6) is 0.0399. The first kappa shape index (κ1) is 12.0. The molecule has 2 rings (SSSR count). The molecule has 0 spiro atoms. The second-order valence-corrected chi connectivity index (χ2v) is 4.19. The second-order valence-electron chi connectivity index (χ2n) is 4.19. The molecule has 1 aromatic heterocycles. The number of amides is 1. The summed E-state index contributed by atoms with van der Waals surface area (Å²) in [4.78, 5) is 18.1. The third kappa shape index (κ3) is 3.25. The zero-order valence-corrected chi connectivity index (χ0v) is 10.0. The number of carbonyl (C=O) groups is 1. The first-order valence-electron chi connectivity index (χ1n) is 5.93. The van der Waals surface area contributed by atoms with Crippen molar-refractivity contribution >= 4 is 11.6 Å². The van der Waals surface area contributed by atoms with Crippen molar-refractivity contribution in [1.82, 2.24) is 15.2 Å². The van der Waals surface area contributed by atoms with Crippen molar-refractivity contribution in [2.45, 2.75) is 13.0 Å². The monoisotopic (exact) mass is 234 g/mol. The lowest BCUT2D eigenvalue weighted by molar-refractivity contribution is -0.120. The number of nitrogens with one attached hydrogen (secondary N) is 2. The molecule has 0 aromatic carbocycles. The van der Waals surface area contributed by atoms with E-state index in [2.05, 4.69) is 20.5 Å². The van der Waals surface area contributed by atoms with Crippen LogP contribution in [0.15, 0.2) is 24.5 Å². The molecule has 1 fully saturated rings. The summed E-state index contributed by atoms with van der Waals surface area (Å²) in [5.41, 5.74) is 0.798. The Bertz CT molecular complexity index is 362. The zero-order chi connectivity index (χ0) is 12.1. The van der Waals surface area contributed by atoms with Gasteiger partial charge in [0.25, 0.3) is 0 Å². The number of carbonyl (C=O) groups excluding carboxylic acids is 1. The Morgan fingerprint density at radius 1 is 1.41 bits per heavy atom. The maximum absolute atomic E-state index is 12.0. The standard InChI is InChI=1S/C12H18N4O/c1-10(16-8-6-14-7-9-16)12(17)15-11-2-4-13-5-3-11/h2-5,10,14H,6-9H2,1H3,(H,13,15,17). The van der Waals surface area contributed by atoms with Crippen LogP contribution in [0.4, 0.5) is 5.69 Å². The van der Waals surface area contributed by atoms with Gasteiger partial charge in [0.15, 0.2) is 0 Å². The van der Waals surface area contributed by atoms with Crippen LogP contribution in [0, 0.1) is 0 Å². The molecule has 5 nitrogen and oxygen atoms in total. The third-order valence-electron chi connectivity index (χ3n) is 3.03. The first-order valence-corrected chi connectivity index (χ1v) is 5.93. The lowest BCUT2D eigenvalue weighted by atomic mass is 10.2. The van der Waals surface area contributed by atoms with E-state index in [1.54, 1.807) is 24.5 Å². The van der Waals surface area contributed by atoms with Crippen LogP contribution in [-0.2, 0) is 4.79 Å². The number of anilines is 1. The molecule has 2 N–H and O–H groups in total. The normalized spacial score (nSPS) is 18.6. The summed E-state index contributed by atoms with van der Waals surface area (Å²) in [6.07, 6.45) is 3.34. The SMILES string of the molecule is CC(C(=O)Nc1ccncc1)N1CCNCC1. The fourth-order valence-corrected chi connectivity index (χ4v) is 1.92. The quantitative estimate of drug-likeness (QED) is 0.790. The Morgan fingerprint density at radius 2 is 2.06 bits per heavy atom. The van der Waals surface area contributed by atoms with Gasteiger partial charge in [-0.05, 0) is 19.1 Å². The maximum atomic E-state index is 12.0. The van der Waals surface area contributed by atoms with Gasteiger partial charge in [0.2, 0.25) is 5.91 Å². The summed E-state index contributed by atoms with van der Waals surface area (Å²) in [7, 11) is 0. The average molecular weight is 234 g/mol. The predicted molar refractivity (Wildman–Crippen MR) is 66.8 cm³/mol. The highest BCUT2D eigenvalue weighted by atomic mass is 16.2. The summed E-state index contributed by atoms with van der Waals surface area (Å²) < 4.78 is 0. The third-order valence-corrected chi connectivity index (χ3v) is 3.03. The second kappa shape index (κ2) is 5.75. The minimum Gasteiger partial charge on any atom is -0.325 e. The highest BCUT2D eigenvalue weighted by Gasteiger charge is 2.22. The van der Waals surface area contributed by atoms with E-state index in [0.717, 1.165) is 31.9 Å². The van der Waals surface area contributed by atoms with Gasteiger partial charge < -0.3 is 10.6 Å². The molecule has 0 bridgehead atoms. The fraction of sp³-hybridized carbons (Fsp3) is 0.500. The van der Waals surface area contributed by atoms with E-state index in [1.807, 2.05) is 6.92 Å². The van der Waals surface area contributed by atoms with Gasteiger partial charge in [-0.2, -0.15) is 0 Å². The molecule has 0 aliphatic carbocycles. The van der Waals surface area contributed by atoms with E-state index in [0.29, 0.717) is 0 Å². The van der Waals surface area contributed by atoms with Gasteiger partial charge in [0.1, 0.15) is 0 Å². The van der Waals surface area contributed by atoms with Crippen LogP contribution >= 0.6 is 0 Å². The van der Waals surface area contributed by atoms with E-state index < -0.39 is 0 Å². The van der Waals surface area contributed by atoms with Crippen molar-refractivity contribution in [2.75, 3.05) is 31.5 Å². The van der Waals surface area contributed by atoms with E-state index in [-0.39, 0.29) is 11.9 Å². The van der Waals surface area contributed by atoms with Crippen LogP contribution in [0.1, 0.15) is 6.92 Å². The number of piperazine rings is 1. The molecule has 0 saturated carbocycles. The number of pyridine rings is 1. The van der Waals surface area contributed by atoms with Crippen LogP contribution in [0.2, 0.25) is 0 Å². The Labute approximate surface area is 101 Å². The Morgan fingerprint density at radius 3 is 2.71 bits per heavy atom. The molecule has 0 radical (unpaired) electrons. The molecule has 1 atom stereocenters. The van der Waals surface area contributed by atoms with Crippen molar-refractivity contribution in [1.29, 1.82) is 0 Å². The topological polar surface area (TPSA) is 57.3 Å². The van der Waals surface area contributed by atoms with Crippen LogP contribution in [0.3, 0.4) is 0 Å². The number of rotatable bonds is 3. The van der Waals surface area contributed by atoms with Gasteiger partial charge in [-0.3, -0.25) is 14.7 Å². The van der Waals surface area contributed by atoms with E-state index in [4.69, 9.17) is 0 Å². The van der Waals surface area contributed by atoms with Gasteiger partial charge >= 0.3 is 0 Å². The summed E-state index contributed by atoms with van der Waals surface area (Å²) in [6.45, 7) is 5.69. The molecule has 1 aliphatic rings. The molecule has 92 valence electrons. The number of aromatic nitrogens is 1. The van der Waals surface area contributed by atoms with Crippen LogP contribution < -0.4 is 10.6 Å². The average Bonchev–Trinajstić information content (AvgIpc) is 2.40. The number of nitrogens with zero attached hydrogens (tertiary/aromatic N) is 2. The fourth-order valence-electron chi connectivity index (χ4n) is 1.92. The number of hydrogen-bond donors (Lipinski definition) is 2. The van der Waals surface area contributed by atoms with E-state index in [9.17, 15) is 4.79 Å². The Kier molecular flexibility index (Phi) is 4.06. The lowest BCUT2D eigenvalue weighted by Crippen LogP contribution is -2.51. The van der Waals surface area contributed by atoms with Crippen molar-refractivity contribution < 1.29 is 4.79 Å². The summed E-state index contributed by atoms with van der Waals surface area (Å²) >= 11 is 0. The summed E-state index contributed by atoms with van der Waals surface area (Å²) in [6, 6.07) is 3.50. The minimum atomic E-state index is -0.0923. The van der Waals surface area contributed by atoms with Gasteiger partial charge in [-0.25, -0.2) is 0 Å². The highest BCUT2D eigenvalue weighted by molar-refractivity contribution is 5.94. The molecule has 1 aromatic rings. The van der Waals surface area contributed by atoms with Gasteiger partial charge in [-0.15, -0.1) is 0 Å². The van der Waals surface area contributed by atoms with E-state index >= 15 is 0 Å². The molecular formula is C12H18N4O. The molecule has 1 unspecified atom stereocenters. The highest BCUT2D eigenvalue weighted by Crippen LogP contribution is 2.07. The minimum absolute atomic E-state index is 0.0399. The van der Waals surface area contributed by atoms with Gasteiger partial charge in [-0.1, -0.05) is 0 Å².